The fourth-order valence-electron chi connectivity index (χ4n) is 2.45. The summed E-state index contributed by atoms with van der Waals surface area (Å²) in [5.41, 5.74) is 1.26. The number of rotatable bonds is 2. The fraction of sp³-hybridized carbons (Fsp3) is 0.133. The first-order chi connectivity index (χ1) is 11.2. The minimum Gasteiger partial charge on any atom is -0.497 e. The molecule has 0 fully saturated rings. The van der Waals surface area contributed by atoms with Crippen molar-refractivity contribution in [1.82, 2.24) is 29.4 Å². The number of methoxy groups -OCH3 is 1. The molecule has 0 atom stereocenters. The second-order valence-corrected chi connectivity index (χ2v) is 4.99. The largest absolute Gasteiger partial charge is 0.497 e. The van der Waals surface area contributed by atoms with Gasteiger partial charge in [0.15, 0.2) is 5.52 Å². The van der Waals surface area contributed by atoms with Crippen molar-refractivity contribution in [1.29, 1.82) is 0 Å². The Balaban J connectivity index is 1.96. The highest BCUT2D eigenvalue weighted by Crippen LogP contribution is 2.15. The van der Waals surface area contributed by atoms with Crippen molar-refractivity contribution in [3.63, 3.8) is 0 Å². The summed E-state index contributed by atoms with van der Waals surface area (Å²) in [4.78, 5) is 16.8. The lowest BCUT2D eigenvalue weighted by Crippen LogP contribution is -2.20. The summed E-state index contributed by atoms with van der Waals surface area (Å²) in [5, 5.41) is 12.2. The third-order valence-electron chi connectivity index (χ3n) is 3.56. The van der Waals surface area contributed by atoms with Crippen molar-refractivity contribution in [2.45, 2.75) is 6.92 Å². The number of benzene rings is 1. The van der Waals surface area contributed by atoms with Crippen LogP contribution in [0.25, 0.3) is 22.5 Å². The lowest BCUT2D eigenvalue weighted by atomic mass is 10.3. The Hall–Kier alpha value is -3.29. The first kappa shape index (κ1) is 13.4. The zero-order chi connectivity index (χ0) is 16.0. The third kappa shape index (κ3) is 2.03. The summed E-state index contributed by atoms with van der Waals surface area (Å²) in [6.45, 7) is 1.76. The van der Waals surface area contributed by atoms with Crippen LogP contribution in [0.3, 0.4) is 0 Å². The molecular weight excluding hydrogens is 296 g/mol. The van der Waals surface area contributed by atoms with Crippen LogP contribution in [0.1, 0.15) is 5.82 Å². The van der Waals surface area contributed by atoms with Gasteiger partial charge in [-0.15, -0.1) is 15.3 Å². The van der Waals surface area contributed by atoms with Crippen LogP contribution in [-0.4, -0.2) is 36.5 Å². The smallest absolute Gasteiger partial charge is 0.285 e. The quantitative estimate of drug-likeness (QED) is 0.552. The lowest BCUT2D eigenvalue weighted by Gasteiger charge is -2.07. The van der Waals surface area contributed by atoms with Crippen LogP contribution in [0.4, 0.5) is 0 Å². The molecule has 0 saturated carbocycles. The molecule has 4 aromatic rings. The van der Waals surface area contributed by atoms with Crippen molar-refractivity contribution in [3.8, 4) is 11.4 Å². The minimum atomic E-state index is -0.268. The highest BCUT2D eigenvalue weighted by molar-refractivity contribution is 5.74. The Morgan fingerprint density at radius 3 is 2.61 bits per heavy atom. The van der Waals surface area contributed by atoms with Gasteiger partial charge in [-0.25, -0.2) is 0 Å². The number of fused-ring (bicyclic) bond motifs is 3. The Bertz CT molecular complexity index is 1080. The van der Waals surface area contributed by atoms with Gasteiger partial charge in [-0.2, -0.15) is 9.50 Å². The third-order valence-corrected chi connectivity index (χ3v) is 3.56. The Morgan fingerprint density at radius 2 is 1.87 bits per heavy atom. The van der Waals surface area contributed by atoms with E-state index in [4.69, 9.17) is 4.74 Å². The lowest BCUT2D eigenvalue weighted by molar-refractivity contribution is 0.414. The molecule has 1 aromatic carbocycles. The van der Waals surface area contributed by atoms with E-state index in [1.54, 1.807) is 50.6 Å². The number of ether oxygens (including phenoxy) is 1. The monoisotopic (exact) mass is 308 g/mol. The van der Waals surface area contributed by atoms with Crippen molar-refractivity contribution in [2.24, 2.45) is 0 Å². The highest BCUT2D eigenvalue weighted by atomic mass is 16.5. The van der Waals surface area contributed by atoms with Crippen LogP contribution in [0.2, 0.25) is 0 Å². The van der Waals surface area contributed by atoms with E-state index in [1.807, 2.05) is 0 Å². The van der Waals surface area contributed by atoms with Crippen molar-refractivity contribution in [2.75, 3.05) is 7.11 Å². The summed E-state index contributed by atoms with van der Waals surface area (Å²) in [7, 11) is 1.60. The number of hydrogen-bond donors (Lipinski definition) is 0. The SMILES string of the molecule is COc1ccc(-n2ccc3c(nnc4nc(C)nn43)c2=O)cc1. The molecule has 0 radical (unpaired) electrons. The molecule has 8 heteroatoms. The maximum atomic E-state index is 12.7. The Morgan fingerprint density at radius 1 is 1.09 bits per heavy atom. The fourth-order valence-corrected chi connectivity index (χ4v) is 2.45. The molecule has 0 amide bonds. The zero-order valence-corrected chi connectivity index (χ0v) is 12.5. The molecule has 0 spiro atoms. The standard InChI is InChI=1S/C15H12N6O2/c1-9-16-15-18-17-13-12(21(15)19-9)7-8-20(14(13)22)10-3-5-11(23-2)6-4-10/h3-8H,1-2H3. The maximum Gasteiger partial charge on any atom is 0.285 e. The summed E-state index contributed by atoms with van der Waals surface area (Å²) in [6, 6.07) is 8.97. The molecule has 0 aliphatic rings. The first-order valence-corrected chi connectivity index (χ1v) is 6.93. The number of aromatic nitrogens is 6. The molecule has 0 unspecified atom stereocenters. The van der Waals surface area contributed by atoms with E-state index in [2.05, 4.69) is 20.3 Å². The van der Waals surface area contributed by atoms with Gasteiger partial charge in [0.2, 0.25) is 0 Å². The van der Waals surface area contributed by atoms with E-state index in [-0.39, 0.29) is 11.1 Å². The molecular formula is C15H12N6O2. The van der Waals surface area contributed by atoms with Crippen molar-refractivity contribution in [3.05, 3.63) is 52.7 Å². The summed E-state index contributed by atoms with van der Waals surface area (Å²) in [5.74, 6) is 1.67. The van der Waals surface area contributed by atoms with E-state index in [9.17, 15) is 4.79 Å². The second-order valence-electron chi connectivity index (χ2n) is 4.99. The Labute approximate surface area is 130 Å². The van der Waals surface area contributed by atoms with Gasteiger partial charge in [0.1, 0.15) is 17.1 Å². The van der Waals surface area contributed by atoms with Gasteiger partial charge in [-0.05, 0) is 37.3 Å². The van der Waals surface area contributed by atoms with E-state index in [0.29, 0.717) is 17.1 Å². The van der Waals surface area contributed by atoms with E-state index in [1.165, 1.54) is 9.08 Å². The van der Waals surface area contributed by atoms with Crippen LogP contribution >= 0.6 is 0 Å². The molecule has 0 aliphatic carbocycles. The summed E-state index contributed by atoms with van der Waals surface area (Å²) < 4.78 is 8.16. The average molecular weight is 308 g/mol. The predicted molar refractivity (Wildman–Crippen MR) is 83.0 cm³/mol. The molecule has 114 valence electrons. The molecule has 23 heavy (non-hydrogen) atoms. The summed E-state index contributed by atoms with van der Waals surface area (Å²) in [6.07, 6.45) is 1.69. The van der Waals surface area contributed by atoms with Gasteiger partial charge in [-0.1, -0.05) is 0 Å². The molecule has 4 rings (SSSR count). The van der Waals surface area contributed by atoms with E-state index < -0.39 is 0 Å². The average Bonchev–Trinajstić information content (AvgIpc) is 2.96. The van der Waals surface area contributed by atoms with E-state index in [0.717, 1.165) is 11.4 Å². The van der Waals surface area contributed by atoms with Crippen LogP contribution in [-0.2, 0) is 0 Å². The first-order valence-electron chi connectivity index (χ1n) is 6.93. The van der Waals surface area contributed by atoms with Gasteiger partial charge >= 0.3 is 0 Å². The molecule has 0 aliphatic heterocycles. The molecule has 0 N–H and O–H groups in total. The van der Waals surface area contributed by atoms with Crippen molar-refractivity contribution >= 4 is 16.8 Å². The van der Waals surface area contributed by atoms with Gasteiger partial charge in [-0.3, -0.25) is 9.36 Å². The topological polar surface area (TPSA) is 87.2 Å². The second kappa shape index (κ2) is 4.87. The van der Waals surface area contributed by atoms with Gasteiger partial charge in [0.05, 0.1) is 7.11 Å². The number of hydrogen-bond acceptors (Lipinski definition) is 6. The molecule has 0 bridgehead atoms. The van der Waals surface area contributed by atoms with Crippen LogP contribution in [0.15, 0.2) is 41.3 Å². The Kier molecular flexibility index (Phi) is 2.83. The maximum absolute atomic E-state index is 12.7. The molecule has 8 nitrogen and oxygen atoms in total. The van der Waals surface area contributed by atoms with Crippen LogP contribution in [0.5, 0.6) is 5.75 Å². The van der Waals surface area contributed by atoms with Crippen LogP contribution < -0.4 is 10.3 Å². The molecule has 0 saturated heterocycles. The zero-order valence-electron chi connectivity index (χ0n) is 12.5. The van der Waals surface area contributed by atoms with Gasteiger partial charge in [0.25, 0.3) is 11.3 Å². The van der Waals surface area contributed by atoms with Gasteiger partial charge in [0, 0.05) is 11.9 Å². The number of pyridine rings is 1. The molecule has 3 aromatic heterocycles. The number of aryl methyl sites for hydroxylation is 1. The van der Waals surface area contributed by atoms with Crippen molar-refractivity contribution < 1.29 is 4.74 Å². The number of nitrogens with zero attached hydrogens (tertiary/aromatic N) is 6. The highest BCUT2D eigenvalue weighted by Gasteiger charge is 2.12. The minimum absolute atomic E-state index is 0.237. The van der Waals surface area contributed by atoms with Crippen LogP contribution in [0, 0.1) is 6.92 Å². The predicted octanol–water partition coefficient (Wildman–Crippen LogP) is 1.14. The van der Waals surface area contributed by atoms with E-state index >= 15 is 0 Å². The normalized spacial score (nSPS) is 11.2. The van der Waals surface area contributed by atoms with Gasteiger partial charge < -0.3 is 4.74 Å². The molecule has 3 heterocycles. The summed E-state index contributed by atoms with van der Waals surface area (Å²) >= 11 is 0.